The van der Waals surface area contributed by atoms with Crippen molar-refractivity contribution in [3.63, 3.8) is 0 Å². The monoisotopic (exact) mass is 363 g/mol. The highest BCUT2D eigenvalue weighted by molar-refractivity contribution is 5.96. The Balaban J connectivity index is 1.61. The number of rotatable bonds is 6. The Morgan fingerprint density at radius 2 is 2.07 bits per heavy atom. The van der Waals surface area contributed by atoms with E-state index < -0.39 is 0 Å². The van der Waals surface area contributed by atoms with Crippen molar-refractivity contribution >= 4 is 17.1 Å². The molecule has 0 N–H and O–H groups in total. The molecular weight excluding hydrogens is 338 g/mol. The lowest BCUT2D eigenvalue weighted by molar-refractivity contribution is 0.0706. The highest BCUT2D eigenvalue weighted by Crippen LogP contribution is 2.43. The lowest BCUT2D eigenvalue weighted by Crippen LogP contribution is -2.33. The van der Waals surface area contributed by atoms with E-state index >= 15 is 0 Å². The van der Waals surface area contributed by atoms with E-state index in [1.54, 1.807) is 18.7 Å². The van der Waals surface area contributed by atoms with Gasteiger partial charge in [-0.1, -0.05) is 19.9 Å². The summed E-state index contributed by atoms with van der Waals surface area (Å²) in [6.45, 7) is 5.18. The highest BCUT2D eigenvalue weighted by Gasteiger charge is 2.38. The molecule has 1 fully saturated rings. The molecule has 1 atom stereocenters. The SMILES string of the molecule is CC(C)Cn1cnc2cc(C(=O)N(C)C(c3ccccn3)C3CC3)cnc21. The molecule has 1 amide bonds. The molecular formula is C21H25N5O. The van der Waals surface area contributed by atoms with Crippen molar-refractivity contribution in [3.8, 4) is 0 Å². The fourth-order valence-electron chi connectivity index (χ4n) is 3.64. The van der Waals surface area contributed by atoms with Crippen molar-refractivity contribution in [3.05, 3.63) is 54.2 Å². The summed E-state index contributed by atoms with van der Waals surface area (Å²) in [5.74, 6) is 0.954. The topological polar surface area (TPSA) is 63.9 Å². The molecule has 4 rings (SSSR count). The number of fused-ring (bicyclic) bond motifs is 1. The zero-order chi connectivity index (χ0) is 19.0. The normalized spacial score (nSPS) is 15.3. The molecule has 0 saturated heterocycles. The lowest BCUT2D eigenvalue weighted by Gasteiger charge is -2.28. The van der Waals surface area contributed by atoms with Crippen molar-refractivity contribution < 1.29 is 4.79 Å². The smallest absolute Gasteiger partial charge is 0.255 e. The largest absolute Gasteiger partial charge is 0.333 e. The van der Waals surface area contributed by atoms with E-state index in [0.717, 1.165) is 36.2 Å². The van der Waals surface area contributed by atoms with E-state index in [4.69, 9.17) is 0 Å². The van der Waals surface area contributed by atoms with Crippen LogP contribution in [0, 0.1) is 11.8 Å². The minimum absolute atomic E-state index is 0.00731. The second-order valence-corrected chi connectivity index (χ2v) is 7.81. The van der Waals surface area contributed by atoms with Crippen LogP contribution in [-0.4, -0.2) is 37.4 Å². The number of amides is 1. The number of imidazole rings is 1. The molecule has 3 aromatic heterocycles. The van der Waals surface area contributed by atoms with Crippen molar-refractivity contribution in [2.24, 2.45) is 11.8 Å². The van der Waals surface area contributed by atoms with Crippen LogP contribution in [0.1, 0.15) is 48.8 Å². The second-order valence-electron chi connectivity index (χ2n) is 7.81. The first-order valence-corrected chi connectivity index (χ1v) is 9.53. The maximum atomic E-state index is 13.1. The molecule has 6 nitrogen and oxygen atoms in total. The van der Waals surface area contributed by atoms with Gasteiger partial charge in [0.15, 0.2) is 5.65 Å². The van der Waals surface area contributed by atoms with E-state index in [9.17, 15) is 4.79 Å². The molecule has 0 spiro atoms. The van der Waals surface area contributed by atoms with Crippen LogP contribution in [0.25, 0.3) is 11.2 Å². The predicted molar refractivity (Wildman–Crippen MR) is 104 cm³/mol. The summed E-state index contributed by atoms with van der Waals surface area (Å²) in [5, 5.41) is 0. The van der Waals surface area contributed by atoms with Crippen LogP contribution in [0.5, 0.6) is 0 Å². The summed E-state index contributed by atoms with van der Waals surface area (Å²) in [5.41, 5.74) is 3.11. The van der Waals surface area contributed by atoms with E-state index in [0.29, 0.717) is 17.4 Å². The zero-order valence-electron chi connectivity index (χ0n) is 16.0. The lowest BCUT2D eigenvalue weighted by atomic mass is 10.1. The Morgan fingerprint density at radius 3 is 2.74 bits per heavy atom. The summed E-state index contributed by atoms with van der Waals surface area (Å²) >= 11 is 0. The molecule has 6 heteroatoms. The van der Waals surface area contributed by atoms with Crippen LogP contribution in [-0.2, 0) is 6.54 Å². The van der Waals surface area contributed by atoms with Gasteiger partial charge in [0.2, 0.25) is 0 Å². The molecule has 1 aliphatic rings. The van der Waals surface area contributed by atoms with Gasteiger partial charge in [0, 0.05) is 26.0 Å². The summed E-state index contributed by atoms with van der Waals surface area (Å²) in [6, 6.07) is 7.74. The summed E-state index contributed by atoms with van der Waals surface area (Å²) in [4.78, 5) is 28.4. The van der Waals surface area contributed by atoms with Crippen molar-refractivity contribution in [1.29, 1.82) is 0 Å². The average Bonchev–Trinajstić information content (AvgIpc) is 3.43. The molecule has 1 aliphatic carbocycles. The van der Waals surface area contributed by atoms with Gasteiger partial charge in [0.05, 0.1) is 23.6 Å². The van der Waals surface area contributed by atoms with Crippen molar-refractivity contribution in [2.45, 2.75) is 39.3 Å². The quantitative estimate of drug-likeness (QED) is 0.670. The van der Waals surface area contributed by atoms with Crippen LogP contribution in [0.4, 0.5) is 0 Å². The van der Waals surface area contributed by atoms with Gasteiger partial charge in [-0.25, -0.2) is 9.97 Å². The maximum Gasteiger partial charge on any atom is 0.255 e. The minimum atomic E-state index is -0.0367. The number of hydrogen-bond donors (Lipinski definition) is 0. The molecule has 27 heavy (non-hydrogen) atoms. The first-order chi connectivity index (χ1) is 13.0. The Bertz CT molecular complexity index is 946. The van der Waals surface area contributed by atoms with E-state index in [1.165, 1.54) is 0 Å². The van der Waals surface area contributed by atoms with E-state index in [2.05, 4.69) is 28.8 Å². The molecule has 3 heterocycles. The fraction of sp³-hybridized carbons (Fsp3) is 0.429. The van der Waals surface area contributed by atoms with Crippen LogP contribution >= 0.6 is 0 Å². The molecule has 1 saturated carbocycles. The van der Waals surface area contributed by atoms with E-state index in [-0.39, 0.29) is 11.9 Å². The molecule has 3 aromatic rings. The fourth-order valence-corrected chi connectivity index (χ4v) is 3.64. The summed E-state index contributed by atoms with van der Waals surface area (Å²) in [7, 11) is 1.86. The van der Waals surface area contributed by atoms with E-state index in [1.807, 2.05) is 40.8 Å². The van der Waals surface area contributed by atoms with Crippen molar-refractivity contribution in [2.75, 3.05) is 7.05 Å². The molecule has 0 bridgehead atoms. The first-order valence-electron chi connectivity index (χ1n) is 9.53. The number of nitrogens with zero attached hydrogens (tertiary/aromatic N) is 5. The molecule has 1 unspecified atom stereocenters. The summed E-state index contributed by atoms with van der Waals surface area (Å²) in [6.07, 6.45) is 7.53. The number of carbonyl (C=O) groups excluding carboxylic acids is 1. The molecule has 140 valence electrons. The van der Waals surface area contributed by atoms with Gasteiger partial charge in [-0.05, 0) is 42.9 Å². The second kappa shape index (κ2) is 7.10. The standard InChI is InChI=1S/C21H25N5O/c1-14(2)12-26-13-24-18-10-16(11-23-20(18)26)21(27)25(3)19(15-7-8-15)17-6-4-5-9-22-17/h4-6,9-11,13-15,19H,7-8,12H2,1-3H3. The van der Waals surface area contributed by atoms with Gasteiger partial charge in [-0.15, -0.1) is 0 Å². The zero-order valence-corrected chi connectivity index (χ0v) is 16.0. The number of aromatic nitrogens is 4. The predicted octanol–water partition coefficient (Wildman–Crippen LogP) is 3.71. The van der Waals surface area contributed by atoms with Crippen LogP contribution in [0.2, 0.25) is 0 Å². The van der Waals surface area contributed by atoms with Gasteiger partial charge in [-0.2, -0.15) is 0 Å². The molecule has 0 aliphatic heterocycles. The average molecular weight is 363 g/mol. The summed E-state index contributed by atoms with van der Waals surface area (Å²) < 4.78 is 2.04. The highest BCUT2D eigenvalue weighted by atomic mass is 16.2. The van der Waals surface area contributed by atoms with Crippen LogP contribution in [0.3, 0.4) is 0 Å². The Morgan fingerprint density at radius 1 is 1.26 bits per heavy atom. The third kappa shape index (κ3) is 3.56. The van der Waals surface area contributed by atoms with Gasteiger partial charge in [0.1, 0.15) is 5.52 Å². The Hall–Kier alpha value is -2.76. The van der Waals surface area contributed by atoms with Crippen LogP contribution in [0.15, 0.2) is 43.0 Å². The first kappa shape index (κ1) is 17.6. The van der Waals surface area contributed by atoms with Gasteiger partial charge >= 0.3 is 0 Å². The minimum Gasteiger partial charge on any atom is -0.333 e. The third-order valence-electron chi connectivity index (χ3n) is 5.06. The van der Waals surface area contributed by atoms with Gasteiger partial charge < -0.3 is 9.47 Å². The maximum absolute atomic E-state index is 13.1. The molecule has 0 aromatic carbocycles. The number of hydrogen-bond acceptors (Lipinski definition) is 4. The molecule has 0 radical (unpaired) electrons. The van der Waals surface area contributed by atoms with Gasteiger partial charge in [0.25, 0.3) is 5.91 Å². The van der Waals surface area contributed by atoms with Crippen molar-refractivity contribution in [1.82, 2.24) is 24.4 Å². The number of pyridine rings is 2. The Kier molecular flexibility index (Phi) is 4.64. The van der Waals surface area contributed by atoms with Gasteiger partial charge in [-0.3, -0.25) is 9.78 Å². The number of carbonyl (C=O) groups is 1. The Labute approximate surface area is 159 Å². The van der Waals surface area contributed by atoms with Crippen LogP contribution < -0.4 is 0 Å². The third-order valence-corrected chi connectivity index (χ3v) is 5.06.